The third-order valence-corrected chi connectivity index (χ3v) is 5.11. The molecule has 114 valence electrons. The summed E-state index contributed by atoms with van der Waals surface area (Å²) in [6.07, 6.45) is 8.64. The van der Waals surface area contributed by atoms with E-state index in [1.54, 1.807) is 0 Å². The Morgan fingerprint density at radius 3 is 2.74 bits per heavy atom. The molecule has 5 rings (SSSR count). The van der Waals surface area contributed by atoms with Gasteiger partial charge in [-0.1, -0.05) is 0 Å². The van der Waals surface area contributed by atoms with Gasteiger partial charge in [-0.15, -0.1) is 0 Å². The number of aryl methyl sites for hydroxylation is 2. The fraction of sp³-hybridized carbons (Fsp3) is 0.263. The van der Waals surface area contributed by atoms with Crippen LogP contribution in [0.1, 0.15) is 29.7 Å². The maximum absolute atomic E-state index is 4.48. The van der Waals surface area contributed by atoms with Gasteiger partial charge in [-0.2, -0.15) is 5.10 Å². The van der Waals surface area contributed by atoms with E-state index in [0.29, 0.717) is 0 Å². The predicted octanol–water partition coefficient (Wildman–Crippen LogP) is 4.29. The first-order chi connectivity index (χ1) is 11.3. The van der Waals surface area contributed by atoms with Crippen molar-refractivity contribution in [3.8, 4) is 11.3 Å². The van der Waals surface area contributed by atoms with Crippen molar-refractivity contribution in [3.63, 3.8) is 0 Å². The van der Waals surface area contributed by atoms with Crippen molar-refractivity contribution >= 4 is 21.8 Å². The molecular formula is C19H18N4. The van der Waals surface area contributed by atoms with E-state index in [9.17, 15) is 0 Å². The van der Waals surface area contributed by atoms with Gasteiger partial charge < -0.3 is 4.98 Å². The molecule has 4 aromatic rings. The molecule has 0 bridgehead atoms. The minimum atomic E-state index is 1.09. The number of H-pyrrole nitrogens is 2. The number of aromatic amines is 2. The van der Waals surface area contributed by atoms with E-state index in [1.807, 2.05) is 12.4 Å². The number of pyridine rings is 1. The standard InChI is InChI=1S/C19H18N4/c1-11-15(10-21-23-11)19-13-5-3-2-4-12(13)18-14-8-9-20-16(14)6-7-17(18)22-19/h6-10,22H,2-5H2,1H3,(H,21,23). The average Bonchev–Trinajstić information content (AvgIpc) is 3.22. The number of aromatic nitrogens is 4. The maximum Gasteiger partial charge on any atom is 0.0710 e. The van der Waals surface area contributed by atoms with Crippen molar-refractivity contribution in [1.29, 1.82) is 0 Å². The molecule has 4 nitrogen and oxygen atoms in total. The summed E-state index contributed by atoms with van der Waals surface area (Å²) >= 11 is 0. The fourth-order valence-corrected chi connectivity index (χ4v) is 4.01. The van der Waals surface area contributed by atoms with Crippen LogP contribution in [0.15, 0.2) is 30.6 Å². The highest BCUT2D eigenvalue weighted by Crippen LogP contribution is 2.38. The lowest BCUT2D eigenvalue weighted by molar-refractivity contribution is 0.689. The molecule has 0 spiro atoms. The van der Waals surface area contributed by atoms with Crippen LogP contribution in [-0.2, 0) is 12.8 Å². The number of fused-ring (bicyclic) bond motifs is 5. The summed E-state index contributed by atoms with van der Waals surface area (Å²) < 4.78 is 0. The highest BCUT2D eigenvalue weighted by atomic mass is 15.1. The smallest absolute Gasteiger partial charge is 0.0710 e. The lowest BCUT2D eigenvalue weighted by Gasteiger charge is -2.22. The monoisotopic (exact) mass is 302 g/mol. The second kappa shape index (κ2) is 4.69. The van der Waals surface area contributed by atoms with Gasteiger partial charge in [0.05, 0.1) is 17.4 Å². The molecule has 0 saturated carbocycles. The first kappa shape index (κ1) is 12.9. The van der Waals surface area contributed by atoms with E-state index in [4.69, 9.17) is 0 Å². The van der Waals surface area contributed by atoms with E-state index in [-0.39, 0.29) is 0 Å². The van der Waals surface area contributed by atoms with Crippen molar-refractivity contribution < 1.29 is 0 Å². The number of hydrogen-bond donors (Lipinski definition) is 2. The molecule has 23 heavy (non-hydrogen) atoms. The van der Waals surface area contributed by atoms with Crippen molar-refractivity contribution in [3.05, 3.63) is 47.4 Å². The normalized spacial score (nSPS) is 14.5. The number of nitrogens with zero attached hydrogens (tertiary/aromatic N) is 2. The van der Waals surface area contributed by atoms with Crippen molar-refractivity contribution in [2.75, 3.05) is 0 Å². The molecule has 3 aromatic heterocycles. The van der Waals surface area contributed by atoms with Gasteiger partial charge in [-0.25, -0.2) is 0 Å². The first-order valence-corrected chi connectivity index (χ1v) is 8.24. The zero-order valence-corrected chi connectivity index (χ0v) is 13.1. The molecule has 0 saturated heterocycles. The van der Waals surface area contributed by atoms with Gasteiger partial charge in [0, 0.05) is 33.7 Å². The molecular weight excluding hydrogens is 284 g/mol. The molecule has 1 aliphatic carbocycles. The van der Waals surface area contributed by atoms with E-state index in [1.165, 1.54) is 51.5 Å². The fourth-order valence-electron chi connectivity index (χ4n) is 4.01. The highest BCUT2D eigenvalue weighted by Gasteiger charge is 2.21. The summed E-state index contributed by atoms with van der Waals surface area (Å²) in [5, 5.41) is 9.91. The van der Waals surface area contributed by atoms with E-state index in [0.717, 1.165) is 24.1 Å². The van der Waals surface area contributed by atoms with Gasteiger partial charge in [0.15, 0.2) is 0 Å². The number of rotatable bonds is 1. The number of hydrogen-bond acceptors (Lipinski definition) is 2. The number of nitrogens with one attached hydrogen (secondary N) is 2. The molecule has 0 radical (unpaired) electrons. The van der Waals surface area contributed by atoms with Crippen molar-refractivity contribution in [2.24, 2.45) is 0 Å². The Labute approximate surface area is 133 Å². The van der Waals surface area contributed by atoms with Crippen LogP contribution in [-0.4, -0.2) is 20.2 Å². The first-order valence-electron chi connectivity index (χ1n) is 8.24. The molecule has 0 aliphatic heterocycles. The third kappa shape index (κ3) is 1.78. The van der Waals surface area contributed by atoms with Crippen molar-refractivity contribution in [1.82, 2.24) is 20.2 Å². The molecule has 3 heterocycles. The molecule has 0 atom stereocenters. The van der Waals surface area contributed by atoms with Crippen molar-refractivity contribution in [2.45, 2.75) is 32.6 Å². The lowest BCUT2D eigenvalue weighted by atomic mass is 9.85. The minimum Gasteiger partial charge on any atom is -0.354 e. The SMILES string of the molecule is Cc1[nH]ncc1-c1[nH]c2ccc3nccc3c2c2c1CCCC2. The van der Waals surface area contributed by atoms with Crippen LogP contribution in [0, 0.1) is 6.92 Å². The van der Waals surface area contributed by atoms with Gasteiger partial charge in [0.2, 0.25) is 0 Å². The van der Waals surface area contributed by atoms with Gasteiger partial charge in [0.25, 0.3) is 0 Å². The van der Waals surface area contributed by atoms with Gasteiger partial charge >= 0.3 is 0 Å². The van der Waals surface area contributed by atoms with Crippen LogP contribution in [0.3, 0.4) is 0 Å². The maximum atomic E-state index is 4.48. The third-order valence-electron chi connectivity index (χ3n) is 5.11. The molecule has 0 amide bonds. The Morgan fingerprint density at radius 1 is 1.04 bits per heavy atom. The summed E-state index contributed by atoms with van der Waals surface area (Å²) in [7, 11) is 0. The lowest BCUT2D eigenvalue weighted by Crippen LogP contribution is -2.08. The highest BCUT2D eigenvalue weighted by molar-refractivity contribution is 6.08. The summed E-state index contributed by atoms with van der Waals surface area (Å²) in [6.45, 7) is 2.08. The van der Waals surface area contributed by atoms with Gasteiger partial charge in [-0.05, 0) is 61.9 Å². The molecule has 0 unspecified atom stereocenters. The zero-order valence-electron chi connectivity index (χ0n) is 13.1. The van der Waals surface area contributed by atoms with Gasteiger partial charge in [-0.3, -0.25) is 10.1 Å². The van der Waals surface area contributed by atoms with Crippen LogP contribution in [0.2, 0.25) is 0 Å². The number of benzene rings is 1. The minimum absolute atomic E-state index is 1.09. The second-order valence-corrected chi connectivity index (χ2v) is 6.44. The van der Waals surface area contributed by atoms with Gasteiger partial charge in [0.1, 0.15) is 0 Å². The summed E-state index contributed by atoms with van der Waals surface area (Å²) in [5.41, 5.74) is 8.78. The molecule has 4 heteroatoms. The summed E-state index contributed by atoms with van der Waals surface area (Å²) in [6, 6.07) is 6.41. The molecule has 1 aliphatic rings. The quantitative estimate of drug-likeness (QED) is 0.551. The second-order valence-electron chi connectivity index (χ2n) is 6.44. The summed E-state index contributed by atoms with van der Waals surface area (Å²) in [5.74, 6) is 0. The van der Waals surface area contributed by atoms with Crippen LogP contribution in [0.5, 0.6) is 0 Å². The van der Waals surface area contributed by atoms with E-state index in [2.05, 4.69) is 45.3 Å². The predicted molar refractivity (Wildman–Crippen MR) is 92.6 cm³/mol. The molecule has 0 fully saturated rings. The zero-order chi connectivity index (χ0) is 15.4. The Balaban J connectivity index is 1.94. The largest absolute Gasteiger partial charge is 0.354 e. The van der Waals surface area contributed by atoms with Crippen LogP contribution >= 0.6 is 0 Å². The summed E-state index contributed by atoms with van der Waals surface area (Å²) in [4.78, 5) is 8.17. The van der Waals surface area contributed by atoms with E-state index < -0.39 is 0 Å². The molecule has 2 N–H and O–H groups in total. The van der Waals surface area contributed by atoms with Crippen LogP contribution in [0.4, 0.5) is 0 Å². The van der Waals surface area contributed by atoms with Crippen LogP contribution < -0.4 is 0 Å². The average molecular weight is 302 g/mol. The Bertz CT molecular complexity index is 1040. The Kier molecular flexibility index (Phi) is 2.62. The molecule has 1 aromatic carbocycles. The Morgan fingerprint density at radius 2 is 1.91 bits per heavy atom. The van der Waals surface area contributed by atoms with E-state index >= 15 is 0 Å². The Hall–Kier alpha value is -2.62. The topological polar surface area (TPSA) is 57.4 Å². The van der Waals surface area contributed by atoms with Crippen LogP contribution in [0.25, 0.3) is 33.1 Å².